The first-order valence-electron chi connectivity index (χ1n) is 6.63. The van der Waals surface area contributed by atoms with Crippen molar-refractivity contribution in [2.24, 2.45) is 0 Å². The maximum atomic E-state index is 6.12. The second-order valence-electron chi connectivity index (χ2n) is 4.78. The van der Waals surface area contributed by atoms with Crippen LogP contribution >= 0.6 is 23.2 Å². The number of hydrogen-bond donors (Lipinski definition) is 1. The Morgan fingerprint density at radius 3 is 2.67 bits per heavy atom. The van der Waals surface area contributed by atoms with E-state index in [1.165, 1.54) is 25.9 Å². The Bertz CT molecular complexity index is 376. The Hall–Kier alpha value is -0.280. The normalized spacial score (nSPS) is 16.3. The first kappa shape index (κ1) is 14.1. The van der Waals surface area contributed by atoms with E-state index in [9.17, 15) is 0 Å². The van der Waals surface area contributed by atoms with Gasteiger partial charge in [0.25, 0.3) is 0 Å². The van der Waals surface area contributed by atoms with Gasteiger partial charge in [-0.15, -0.1) is 0 Å². The standard InChI is InChI=1S/C14H20Cl2N2/c15-13-3-4-14(16)12(11-13)5-6-17-7-10-18-8-1-2-9-18/h3-4,11,17H,1-2,5-10H2. The summed E-state index contributed by atoms with van der Waals surface area (Å²) in [4.78, 5) is 2.51. The highest BCUT2D eigenvalue weighted by molar-refractivity contribution is 6.33. The number of nitrogens with one attached hydrogen (secondary N) is 1. The molecule has 1 heterocycles. The van der Waals surface area contributed by atoms with Crippen LogP contribution in [0.1, 0.15) is 18.4 Å². The van der Waals surface area contributed by atoms with Crippen LogP contribution in [0.2, 0.25) is 10.0 Å². The van der Waals surface area contributed by atoms with Crippen LogP contribution in [0.4, 0.5) is 0 Å². The first-order valence-corrected chi connectivity index (χ1v) is 7.38. The zero-order valence-electron chi connectivity index (χ0n) is 10.6. The Kier molecular flexibility index (Phi) is 5.77. The summed E-state index contributed by atoms with van der Waals surface area (Å²) >= 11 is 12.1. The quantitative estimate of drug-likeness (QED) is 0.808. The van der Waals surface area contributed by atoms with Crippen LogP contribution in [0.5, 0.6) is 0 Å². The van der Waals surface area contributed by atoms with Crippen LogP contribution in [-0.4, -0.2) is 37.6 Å². The molecule has 1 saturated heterocycles. The molecule has 0 atom stereocenters. The van der Waals surface area contributed by atoms with Crippen molar-refractivity contribution in [2.75, 3.05) is 32.7 Å². The molecule has 0 radical (unpaired) electrons. The third-order valence-electron chi connectivity index (χ3n) is 3.38. The molecule has 2 rings (SSSR count). The summed E-state index contributed by atoms with van der Waals surface area (Å²) in [5, 5.41) is 5.03. The van der Waals surface area contributed by atoms with Crippen LogP contribution in [-0.2, 0) is 6.42 Å². The van der Waals surface area contributed by atoms with E-state index in [-0.39, 0.29) is 0 Å². The number of benzene rings is 1. The summed E-state index contributed by atoms with van der Waals surface area (Å²) in [5.74, 6) is 0. The second-order valence-corrected chi connectivity index (χ2v) is 5.63. The zero-order chi connectivity index (χ0) is 12.8. The average molecular weight is 287 g/mol. The van der Waals surface area contributed by atoms with Crippen molar-refractivity contribution in [1.82, 2.24) is 10.2 Å². The Balaban J connectivity index is 1.64. The first-order chi connectivity index (χ1) is 8.75. The van der Waals surface area contributed by atoms with E-state index in [0.29, 0.717) is 0 Å². The Morgan fingerprint density at radius 2 is 1.89 bits per heavy atom. The fourth-order valence-electron chi connectivity index (χ4n) is 2.33. The van der Waals surface area contributed by atoms with Gasteiger partial charge in [0.15, 0.2) is 0 Å². The molecule has 1 aliphatic rings. The number of likely N-dealkylation sites (tertiary alicyclic amines) is 1. The summed E-state index contributed by atoms with van der Waals surface area (Å²) < 4.78 is 0. The van der Waals surface area contributed by atoms with Crippen molar-refractivity contribution in [3.8, 4) is 0 Å². The van der Waals surface area contributed by atoms with Crippen molar-refractivity contribution >= 4 is 23.2 Å². The molecular formula is C14H20Cl2N2. The molecule has 0 aromatic heterocycles. The van der Waals surface area contributed by atoms with E-state index in [4.69, 9.17) is 23.2 Å². The van der Waals surface area contributed by atoms with Crippen LogP contribution < -0.4 is 5.32 Å². The lowest BCUT2D eigenvalue weighted by molar-refractivity contribution is 0.336. The van der Waals surface area contributed by atoms with Gasteiger partial charge in [0.1, 0.15) is 0 Å². The molecule has 0 aliphatic carbocycles. The lowest BCUT2D eigenvalue weighted by atomic mass is 10.1. The maximum absolute atomic E-state index is 6.12. The Labute approximate surface area is 119 Å². The highest BCUT2D eigenvalue weighted by Crippen LogP contribution is 2.20. The maximum Gasteiger partial charge on any atom is 0.0439 e. The van der Waals surface area contributed by atoms with Gasteiger partial charge in [-0.1, -0.05) is 23.2 Å². The second kappa shape index (κ2) is 7.34. The molecule has 2 nitrogen and oxygen atoms in total. The topological polar surface area (TPSA) is 15.3 Å². The highest BCUT2D eigenvalue weighted by Gasteiger charge is 2.09. The molecule has 1 fully saturated rings. The summed E-state index contributed by atoms with van der Waals surface area (Å²) in [6.45, 7) is 5.69. The molecule has 1 N–H and O–H groups in total. The van der Waals surface area contributed by atoms with Gasteiger partial charge in [0.2, 0.25) is 0 Å². The average Bonchev–Trinajstić information content (AvgIpc) is 2.86. The van der Waals surface area contributed by atoms with Gasteiger partial charge < -0.3 is 10.2 Å². The van der Waals surface area contributed by atoms with E-state index in [1.54, 1.807) is 0 Å². The molecule has 1 aliphatic heterocycles. The van der Waals surface area contributed by atoms with E-state index in [1.807, 2.05) is 18.2 Å². The highest BCUT2D eigenvalue weighted by atomic mass is 35.5. The minimum absolute atomic E-state index is 0.756. The molecule has 1 aromatic carbocycles. The van der Waals surface area contributed by atoms with Gasteiger partial charge in [0.05, 0.1) is 0 Å². The molecule has 18 heavy (non-hydrogen) atoms. The Morgan fingerprint density at radius 1 is 1.11 bits per heavy atom. The predicted molar refractivity (Wildman–Crippen MR) is 78.7 cm³/mol. The molecule has 0 saturated carbocycles. The predicted octanol–water partition coefficient (Wildman–Crippen LogP) is 3.22. The summed E-state index contributed by atoms with van der Waals surface area (Å²) in [6.07, 6.45) is 3.65. The fourth-order valence-corrected chi connectivity index (χ4v) is 2.73. The van der Waals surface area contributed by atoms with Crippen molar-refractivity contribution < 1.29 is 0 Å². The SMILES string of the molecule is Clc1ccc(Cl)c(CCNCCN2CCCC2)c1. The molecule has 0 unspecified atom stereocenters. The number of rotatable bonds is 6. The van der Waals surface area contributed by atoms with E-state index < -0.39 is 0 Å². The van der Waals surface area contributed by atoms with Crippen LogP contribution in [0.15, 0.2) is 18.2 Å². The summed E-state index contributed by atoms with van der Waals surface area (Å²) in [5.41, 5.74) is 1.12. The lowest BCUT2D eigenvalue weighted by Crippen LogP contribution is -2.30. The van der Waals surface area contributed by atoms with Crippen molar-refractivity contribution in [3.63, 3.8) is 0 Å². The molecule has 4 heteroatoms. The smallest absolute Gasteiger partial charge is 0.0439 e. The van der Waals surface area contributed by atoms with Crippen molar-refractivity contribution in [1.29, 1.82) is 0 Å². The number of hydrogen-bond acceptors (Lipinski definition) is 2. The minimum Gasteiger partial charge on any atom is -0.315 e. The van der Waals surface area contributed by atoms with E-state index in [2.05, 4.69) is 10.2 Å². The number of halogens is 2. The van der Waals surface area contributed by atoms with Crippen molar-refractivity contribution in [3.05, 3.63) is 33.8 Å². The monoisotopic (exact) mass is 286 g/mol. The van der Waals surface area contributed by atoms with Gasteiger partial charge >= 0.3 is 0 Å². The summed E-state index contributed by atoms with van der Waals surface area (Å²) in [6, 6.07) is 5.64. The molecule has 1 aromatic rings. The third-order valence-corrected chi connectivity index (χ3v) is 3.99. The van der Waals surface area contributed by atoms with Crippen LogP contribution in [0.25, 0.3) is 0 Å². The van der Waals surface area contributed by atoms with Gasteiger partial charge in [0, 0.05) is 23.1 Å². The lowest BCUT2D eigenvalue weighted by Gasteiger charge is -2.14. The van der Waals surface area contributed by atoms with Crippen LogP contribution in [0.3, 0.4) is 0 Å². The van der Waals surface area contributed by atoms with Gasteiger partial charge in [-0.25, -0.2) is 0 Å². The van der Waals surface area contributed by atoms with E-state index in [0.717, 1.165) is 41.7 Å². The van der Waals surface area contributed by atoms with Crippen molar-refractivity contribution in [2.45, 2.75) is 19.3 Å². The minimum atomic E-state index is 0.756. The fraction of sp³-hybridized carbons (Fsp3) is 0.571. The molecule has 0 bridgehead atoms. The third kappa shape index (κ3) is 4.43. The van der Waals surface area contributed by atoms with E-state index >= 15 is 0 Å². The van der Waals surface area contributed by atoms with Gasteiger partial charge in [-0.05, 0) is 62.7 Å². The van der Waals surface area contributed by atoms with Gasteiger partial charge in [-0.2, -0.15) is 0 Å². The van der Waals surface area contributed by atoms with Gasteiger partial charge in [-0.3, -0.25) is 0 Å². The zero-order valence-corrected chi connectivity index (χ0v) is 12.1. The summed E-state index contributed by atoms with van der Waals surface area (Å²) in [7, 11) is 0. The molecular weight excluding hydrogens is 267 g/mol. The largest absolute Gasteiger partial charge is 0.315 e. The molecule has 0 amide bonds. The number of nitrogens with zero attached hydrogens (tertiary/aromatic N) is 1. The molecule has 100 valence electrons. The van der Waals surface area contributed by atoms with Crippen LogP contribution in [0, 0.1) is 0 Å². The molecule has 0 spiro atoms.